The number of nitrogens with zero attached hydrogens (tertiary/aromatic N) is 3. The predicted octanol–water partition coefficient (Wildman–Crippen LogP) is 3.37. The minimum absolute atomic E-state index is 0.0951. The van der Waals surface area contributed by atoms with Crippen LogP contribution >= 0.6 is 0 Å². The van der Waals surface area contributed by atoms with Gasteiger partial charge in [-0.25, -0.2) is 0 Å². The van der Waals surface area contributed by atoms with E-state index >= 15 is 0 Å². The molecule has 170 valence electrons. The van der Waals surface area contributed by atoms with Crippen LogP contribution in [0.5, 0.6) is 0 Å². The number of esters is 1. The molecule has 3 heterocycles. The summed E-state index contributed by atoms with van der Waals surface area (Å²) in [5, 5.41) is 10.2. The van der Waals surface area contributed by atoms with Crippen molar-refractivity contribution in [3.8, 4) is 11.1 Å². The summed E-state index contributed by atoms with van der Waals surface area (Å²) in [6.07, 6.45) is 5.09. The number of carbonyl (C=O) groups is 1. The van der Waals surface area contributed by atoms with Gasteiger partial charge in [-0.15, -0.1) is 5.53 Å². The fourth-order valence-corrected chi connectivity index (χ4v) is 4.58. The number of hydrogen-bond donors (Lipinski definition) is 3. The number of allylic oxidation sites excluding steroid dienone is 1. The van der Waals surface area contributed by atoms with Crippen molar-refractivity contribution in [1.82, 2.24) is 25.7 Å². The Hall–Kier alpha value is -3.78. The zero-order chi connectivity index (χ0) is 22.9. The molecule has 0 bridgehead atoms. The van der Waals surface area contributed by atoms with E-state index in [0.717, 1.165) is 41.0 Å². The van der Waals surface area contributed by atoms with Crippen LogP contribution in [0.2, 0.25) is 0 Å². The zero-order valence-corrected chi connectivity index (χ0v) is 19.1. The third-order valence-corrected chi connectivity index (χ3v) is 6.21. The highest BCUT2D eigenvalue weighted by molar-refractivity contribution is 5.76. The summed E-state index contributed by atoms with van der Waals surface area (Å²) < 4.78 is 6.65. The highest BCUT2D eigenvalue weighted by Crippen LogP contribution is 2.39. The number of methoxy groups -OCH3 is 1. The quantitative estimate of drug-likeness (QED) is 0.521. The molecule has 1 aromatic heterocycles. The van der Waals surface area contributed by atoms with Crippen LogP contribution in [0.1, 0.15) is 36.1 Å². The van der Waals surface area contributed by atoms with E-state index in [2.05, 4.69) is 51.5 Å². The van der Waals surface area contributed by atoms with Gasteiger partial charge in [0.2, 0.25) is 0 Å². The van der Waals surface area contributed by atoms with Gasteiger partial charge in [0.25, 0.3) is 0 Å². The SMILES string of the molecule is COC(=O)Cc1cccc(NC2CCN3NNC(C)=C3c3ccc(-c4cnn(C)c4)cc32)c1. The predicted molar refractivity (Wildman–Crippen MR) is 127 cm³/mol. The van der Waals surface area contributed by atoms with Gasteiger partial charge in [0.05, 0.1) is 37.2 Å². The Morgan fingerprint density at radius 1 is 1.24 bits per heavy atom. The van der Waals surface area contributed by atoms with Crippen molar-refractivity contribution in [2.75, 3.05) is 19.0 Å². The molecule has 33 heavy (non-hydrogen) atoms. The van der Waals surface area contributed by atoms with Gasteiger partial charge < -0.3 is 15.5 Å². The summed E-state index contributed by atoms with van der Waals surface area (Å²) in [6.45, 7) is 2.93. The van der Waals surface area contributed by atoms with Crippen molar-refractivity contribution in [2.45, 2.75) is 25.8 Å². The highest BCUT2D eigenvalue weighted by atomic mass is 16.5. The number of nitrogens with one attached hydrogen (secondary N) is 3. The molecule has 2 aromatic carbocycles. The number of anilines is 1. The van der Waals surface area contributed by atoms with E-state index in [1.54, 1.807) is 0 Å². The Morgan fingerprint density at radius 2 is 2.12 bits per heavy atom. The highest BCUT2D eigenvalue weighted by Gasteiger charge is 2.30. The number of hydrazine groups is 2. The maximum absolute atomic E-state index is 11.7. The Bertz CT molecular complexity index is 1230. The molecule has 8 nitrogen and oxygen atoms in total. The van der Waals surface area contributed by atoms with Gasteiger partial charge in [-0.1, -0.05) is 24.3 Å². The lowest BCUT2D eigenvalue weighted by atomic mass is 9.93. The molecule has 0 amide bonds. The van der Waals surface area contributed by atoms with Crippen molar-refractivity contribution in [3.63, 3.8) is 0 Å². The Morgan fingerprint density at radius 3 is 2.91 bits per heavy atom. The van der Waals surface area contributed by atoms with Crippen LogP contribution in [0.25, 0.3) is 16.8 Å². The molecule has 2 aliphatic rings. The summed E-state index contributed by atoms with van der Waals surface area (Å²) in [6, 6.07) is 14.7. The molecule has 0 saturated carbocycles. The van der Waals surface area contributed by atoms with Gasteiger partial charge >= 0.3 is 5.97 Å². The molecule has 5 rings (SSSR count). The average Bonchev–Trinajstić information content (AvgIpc) is 3.37. The first-order valence-corrected chi connectivity index (χ1v) is 11.1. The Labute approximate surface area is 193 Å². The molecule has 2 aliphatic heterocycles. The second-order valence-corrected chi connectivity index (χ2v) is 8.51. The lowest BCUT2D eigenvalue weighted by molar-refractivity contribution is -0.139. The molecule has 0 aliphatic carbocycles. The molecule has 0 spiro atoms. The number of aromatic nitrogens is 2. The zero-order valence-electron chi connectivity index (χ0n) is 19.1. The van der Waals surface area contributed by atoms with Crippen molar-refractivity contribution in [3.05, 3.63) is 77.2 Å². The standard InChI is InChI=1S/C25H28N6O2/c1-16-25-21-8-7-18(19-14-26-30(2)15-19)13-22(21)23(9-10-31(25)29-28-16)27-20-6-4-5-17(11-20)12-24(32)33-3/h4-8,11,13-15,23,27-29H,9-10,12H2,1-3H3. The molecule has 0 saturated heterocycles. The average molecular weight is 445 g/mol. The molecular formula is C25H28N6O2. The second kappa shape index (κ2) is 8.63. The fourth-order valence-electron chi connectivity index (χ4n) is 4.58. The molecule has 0 radical (unpaired) electrons. The van der Waals surface area contributed by atoms with E-state index in [4.69, 9.17) is 4.74 Å². The van der Waals surface area contributed by atoms with Crippen LogP contribution in [0.4, 0.5) is 5.69 Å². The first-order valence-electron chi connectivity index (χ1n) is 11.1. The minimum atomic E-state index is -0.241. The maximum Gasteiger partial charge on any atom is 0.309 e. The van der Waals surface area contributed by atoms with Crippen LogP contribution < -0.4 is 16.3 Å². The number of ether oxygens (including phenoxy) is 1. The van der Waals surface area contributed by atoms with Gasteiger partial charge in [0, 0.05) is 36.6 Å². The minimum Gasteiger partial charge on any atom is -0.469 e. The largest absolute Gasteiger partial charge is 0.469 e. The van der Waals surface area contributed by atoms with Crippen LogP contribution in [-0.4, -0.2) is 34.4 Å². The molecule has 3 N–H and O–H groups in total. The van der Waals surface area contributed by atoms with Crippen molar-refractivity contribution < 1.29 is 9.53 Å². The van der Waals surface area contributed by atoms with E-state index in [0.29, 0.717) is 0 Å². The normalized spacial score (nSPS) is 17.2. The van der Waals surface area contributed by atoms with Crippen LogP contribution in [0.15, 0.2) is 60.6 Å². The summed E-state index contributed by atoms with van der Waals surface area (Å²) >= 11 is 0. The van der Waals surface area contributed by atoms with E-state index in [1.807, 2.05) is 48.4 Å². The Kier molecular flexibility index (Phi) is 5.51. The smallest absolute Gasteiger partial charge is 0.309 e. The van der Waals surface area contributed by atoms with Crippen LogP contribution in [0, 0.1) is 0 Å². The molecule has 1 atom stereocenters. The second-order valence-electron chi connectivity index (χ2n) is 8.51. The first kappa shape index (κ1) is 21.1. The molecular weight excluding hydrogens is 416 g/mol. The number of hydrogen-bond acceptors (Lipinski definition) is 7. The van der Waals surface area contributed by atoms with E-state index in [1.165, 1.54) is 23.9 Å². The number of benzene rings is 2. The number of fused-ring (bicyclic) bond motifs is 3. The van der Waals surface area contributed by atoms with Gasteiger partial charge in [-0.2, -0.15) is 5.10 Å². The third-order valence-electron chi connectivity index (χ3n) is 6.21. The topological polar surface area (TPSA) is 83.4 Å². The fraction of sp³-hybridized carbons (Fsp3) is 0.280. The lowest BCUT2D eigenvalue weighted by Crippen LogP contribution is -2.37. The lowest BCUT2D eigenvalue weighted by Gasteiger charge is -2.22. The number of carbonyl (C=O) groups excluding carboxylic acids is 1. The van der Waals surface area contributed by atoms with Gasteiger partial charge in [-0.05, 0) is 48.2 Å². The molecule has 8 heteroatoms. The van der Waals surface area contributed by atoms with Crippen molar-refractivity contribution >= 4 is 17.4 Å². The number of aryl methyl sites for hydroxylation is 1. The maximum atomic E-state index is 11.7. The number of rotatable bonds is 5. The molecule has 1 unspecified atom stereocenters. The monoisotopic (exact) mass is 444 g/mol. The third kappa shape index (κ3) is 4.17. The first-order chi connectivity index (χ1) is 16.0. The Balaban J connectivity index is 1.53. The van der Waals surface area contributed by atoms with E-state index in [9.17, 15) is 4.79 Å². The summed E-state index contributed by atoms with van der Waals surface area (Å²) in [7, 11) is 3.35. The molecule has 3 aromatic rings. The summed E-state index contributed by atoms with van der Waals surface area (Å²) in [5.74, 6) is -0.241. The van der Waals surface area contributed by atoms with Gasteiger partial charge in [0.15, 0.2) is 0 Å². The van der Waals surface area contributed by atoms with Crippen LogP contribution in [0.3, 0.4) is 0 Å². The summed E-state index contributed by atoms with van der Waals surface area (Å²) in [4.78, 5) is 11.7. The van der Waals surface area contributed by atoms with E-state index < -0.39 is 0 Å². The van der Waals surface area contributed by atoms with Crippen molar-refractivity contribution in [1.29, 1.82) is 0 Å². The van der Waals surface area contributed by atoms with E-state index in [-0.39, 0.29) is 18.4 Å². The van der Waals surface area contributed by atoms with Gasteiger partial charge in [-0.3, -0.25) is 14.5 Å². The van der Waals surface area contributed by atoms with Crippen molar-refractivity contribution in [2.24, 2.45) is 7.05 Å². The molecule has 0 fully saturated rings. The van der Waals surface area contributed by atoms with Crippen LogP contribution in [-0.2, 0) is 23.0 Å². The van der Waals surface area contributed by atoms with Gasteiger partial charge in [0.1, 0.15) is 0 Å². The summed E-state index contributed by atoms with van der Waals surface area (Å²) in [5.41, 5.74) is 15.4.